The van der Waals surface area contributed by atoms with Crippen molar-refractivity contribution in [3.05, 3.63) is 34.6 Å². The Morgan fingerprint density at radius 2 is 2.06 bits per heavy atom. The van der Waals surface area contributed by atoms with Crippen molar-refractivity contribution in [1.29, 1.82) is 0 Å². The number of hydrogen-bond acceptors (Lipinski definition) is 2. The van der Waals surface area contributed by atoms with Gasteiger partial charge in [-0.1, -0.05) is 17.7 Å². The summed E-state index contributed by atoms with van der Waals surface area (Å²) < 4.78 is 48.8. The van der Waals surface area contributed by atoms with Crippen LogP contribution < -0.4 is 5.32 Å². The second kappa shape index (κ2) is 5.53. The molecule has 0 aliphatic rings. The number of aliphatic carboxylic acids is 1. The number of carboxylic acids is 1. The summed E-state index contributed by atoms with van der Waals surface area (Å²) in [5.41, 5.74) is -0.130. The number of alkyl halides is 3. The molecule has 0 radical (unpaired) electrons. The predicted octanol–water partition coefficient (Wildman–Crippen LogP) is 2.76. The highest BCUT2D eigenvalue weighted by Crippen LogP contribution is 2.25. The zero-order chi connectivity index (χ0) is 13.9. The lowest BCUT2D eigenvalue weighted by Gasteiger charge is -2.17. The van der Waals surface area contributed by atoms with Crippen molar-refractivity contribution >= 4 is 17.6 Å². The maximum atomic E-state index is 12.8. The lowest BCUT2D eigenvalue weighted by molar-refractivity contribution is -0.143. The standard InChI is InChI=1S/C10H8ClF4NO2/c11-7-3-5(12)1-2-6(7)8(9(17)18)16-4-10(13,14)15/h1-3,8,16H,4H2,(H,17,18). The van der Waals surface area contributed by atoms with E-state index < -0.39 is 30.5 Å². The summed E-state index contributed by atoms with van der Waals surface area (Å²) in [4.78, 5) is 10.9. The number of rotatable bonds is 4. The van der Waals surface area contributed by atoms with E-state index in [0.717, 1.165) is 18.2 Å². The monoisotopic (exact) mass is 285 g/mol. The lowest BCUT2D eigenvalue weighted by Crippen LogP contribution is -2.36. The lowest BCUT2D eigenvalue weighted by atomic mass is 10.1. The average Bonchev–Trinajstić information content (AvgIpc) is 2.18. The molecular formula is C10H8ClF4NO2. The molecule has 8 heteroatoms. The highest BCUT2D eigenvalue weighted by molar-refractivity contribution is 6.31. The minimum Gasteiger partial charge on any atom is -0.480 e. The number of nitrogens with one attached hydrogen (secondary N) is 1. The topological polar surface area (TPSA) is 49.3 Å². The molecule has 3 nitrogen and oxygen atoms in total. The van der Waals surface area contributed by atoms with Gasteiger partial charge in [-0.05, 0) is 17.7 Å². The van der Waals surface area contributed by atoms with Gasteiger partial charge in [0.15, 0.2) is 0 Å². The van der Waals surface area contributed by atoms with Gasteiger partial charge < -0.3 is 5.11 Å². The Bertz CT molecular complexity index is 450. The molecule has 18 heavy (non-hydrogen) atoms. The van der Waals surface area contributed by atoms with Crippen LogP contribution in [-0.2, 0) is 4.79 Å². The van der Waals surface area contributed by atoms with Crippen LogP contribution in [0, 0.1) is 5.82 Å². The largest absolute Gasteiger partial charge is 0.480 e. The fourth-order valence-electron chi connectivity index (χ4n) is 1.28. The van der Waals surface area contributed by atoms with Crippen LogP contribution in [0.2, 0.25) is 5.02 Å². The van der Waals surface area contributed by atoms with Crippen molar-refractivity contribution in [2.24, 2.45) is 0 Å². The molecule has 1 aromatic carbocycles. The van der Waals surface area contributed by atoms with Crippen molar-refractivity contribution in [2.75, 3.05) is 6.54 Å². The summed E-state index contributed by atoms with van der Waals surface area (Å²) in [6, 6.07) is 1.13. The highest BCUT2D eigenvalue weighted by atomic mass is 35.5. The van der Waals surface area contributed by atoms with Crippen LogP contribution >= 0.6 is 11.6 Å². The maximum Gasteiger partial charge on any atom is 0.401 e. The molecule has 0 saturated heterocycles. The van der Waals surface area contributed by atoms with Crippen molar-refractivity contribution in [1.82, 2.24) is 5.32 Å². The van der Waals surface area contributed by atoms with Crippen LogP contribution in [0.1, 0.15) is 11.6 Å². The molecule has 2 N–H and O–H groups in total. The first-order valence-corrected chi connectivity index (χ1v) is 5.06. The van der Waals surface area contributed by atoms with Crippen molar-refractivity contribution < 1.29 is 27.5 Å². The molecule has 0 aromatic heterocycles. The van der Waals surface area contributed by atoms with Gasteiger partial charge in [0.2, 0.25) is 0 Å². The van der Waals surface area contributed by atoms with E-state index in [9.17, 15) is 22.4 Å². The minimum atomic E-state index is -4.56. The third kappa shape index (κ3) is 4.15. The van der Waals surface area contributed by atoms with E-state index in [2.05, 4.69) is 0 Å². The van der Waals surface area contributed by atoms with E-state index in [1.807, 2.05) is 0 Å². The predicted molar refractivity (Wildman–Crippen MR) is 55.8 cm³/mol. The molecule has 0 aliphatic carbocycles. The molecule has 1 aromatic rings. The number of carboxylic acid groups (broad SMARTS) is 1. The van der Waals surface area contributed by atoms with E-state index >= 15 is 0 Å². The van der Waals surface area contributed by atoms with Gasteiger partial charge in [-0.25, -0.2) is 4.39 Å². The van der Waals surface area contributed by atoms with E-state index in [0.29, 0.717) is 0 Å². The third-order valence-electron chi connectivity index (χ3n) is 2.03. The minimum absolute atomic E-state index is 0.130. The van der Waals surface area contributed by atoms with Gasteiger partial charge in [0.05, 0.1) is 6.54 Å². The van der Waals surface area contributed by atoms with Crippen LogP contribution in [0.5, 0.6) is 0 Å². The van der Waals surface area contributed by atoms with Crippen LogP contribution in [0.15, 0.2) is 18.2 Å². The molecular weight excluding hydrogens is 278 g/mol. The average molecular weight is 286 g/mol. The molecule has 0 bridgehead atoms. The summed E-state index contributed by atoms with van der Waals surface area (Å²) in [5.74, 6) is -2.24. The smallest absolute Gasteiger partial charge is 0.401 e. The Labute approximate surface area is 104 Å². The van der Waals surface area contributed by atoms with Gasteiger partial charge in [-0.15, -0.1) is 0 Å². The molecule has 0 aliphatic heterocycles. The van der Waals surface area contributed by atoms with Crippen molar-refractivity contribution in [2.45, 2.75) is 12.2 Å². The zero-order valence-corrected chi connectivity index (χ0v) is 9.52. The molecule has 0 fully saturated rings. The van der Waals surface area contributed by atoms with Crippen LogP contribution in [0.4, 0.5) is 17.6 Å². The molecule has 1 rings (SSSR count). The molecule has 1 atom stereocenters. The zero-order valence-electron chi connectivity index (χ0n) is 8.76. The van der Waals surface area contributed by atoms with Crippen LogP contribution in [0.3, 0.4) is 0 Å². The van der Waals surface area contributed by atoms with Gasteiger partial charge in [-0.2, -0.15) is 13.2 Å². The van der Waals surface area contributed by atoms with Gasteiger partial charge in [-0.3, -0.25) is 10.1 Å². The Morgan fingerprint density at radius 3 is 2.50 bits per heavy atom. The van der Waals surface area contributed by atoms with Gasteiger partial charge in [0.1, 0.15) is 11.9 Å². The van der Waals surface area contributed by atoms with Gasteiger partial charge in [0, 0.05) is 5.02 Å². The van der Waals surface area contributed by atoms with E-state index in [1.54, 1.807) is 5.32 Å². The molecule has 0 saturated carbocycles. The summed E-state index contributed by atoms with van der Waals surface area (Å²) in [6.07, 6.45) is -4.56. The van der Waals surface area contributed by atoms with Gasteiger partial charge in [0.25, 0.3) is 0 Å². The Morgan fingerprint density at radius 1 is 1.44 bits per heavy atom. The van der Waals surface area contributed by atoms with E-state index in [-0.39, 0.29) is 10.6 Å². The first-order chi connectivity index (χ1) is 8.20. The Hall–Kier alpha value is -1.34. The molecule has 0 spiro atoms. The van der Waals surface area contributed by atoms with Crippen LogP contribution in [-0.4, -0.2) is 23.8 Å². The second-order valence-corrected chi connectivity index (χ2v) is 3.84. The Kier molecular flexibility index (Phi) is 4.53. The molecule has 1 unspecified atom stereocenters. The van der Waals surface area contributed by atoms with E-state index in [1.165, 1.54) is 0 Å². The Balaban J connectivity index is 2.95. The first kappa shape index (κ1) is 14.7. The summed E-state index contributed by atoms with van der Waals surface area (Å²) in [7, 11) is 0. The number of carbonyl (C=O) groups is 1. The van der Waals surface area contributed by atoms with Gasteiger partial charge >= 0.3 is 12.1 Å². The highest BCUT2D eigenvalue weighted by Gasteiger charge is 2.31. The fraction of sp³-hybridized carbons (Fsp3) is 0.300. The summed E-state index contributed by atoms with van der Waals surface area (Å²) in [5, 5.41) is 10.4. The molecule has 0 amide bonds. The number of benzene rings is 1. The number of halogens is 5. The maximum absolute atomic E-state index is 12.8. The van der Waals surface area contributed by atoms with Crippen LogP contribution in [0.25, 0.3) is 0 Å². The third-order valence-corrected chi connectivity index (χ3v) is 2.35. The fourth-order valence-corrected chi connectivity index (χ4v) is 1.56. The van der Waals surface area contributed by atoms with Crippen molar-refractivity contribution in [3.8, 4) is 0 Å². The molecule has 100 valence electrons. The molecule has 0 heterocycles. The van der Waals surface area contributed by atoms with E-state index in [4.69, 9.17) is 16.7 Å². The normalized spacial score (nSPS) is 13.4. The second-order valence-electron chi connectivity index (χ2n) is 3.43. The quantitative estimate of drug-likeness (QED) is 0.836. The number of hydrogen-bond donors (Lipinski definition) is 2. The first-order valence-electron chi connectivity index (χ1n) is 4.68. The van der Waals surface area contributed by atoms with Crippen molar-refractivity contribution in [3.63, 3.8) is 0 Å². The summed E-state index contributed by atoms with van der Waals surface area (Å²) >= 11 is 5.59. The summed E-state index contributed by atoms with van der Waals surface area (Å²) in [6.45, 7) is -1.49. The SMILES string of the molecule is O=C(O)C(NCC(F)(F)F)c1ccc(F)cc1Cl.